The number of nitrogens with zero attached hydrogens (tertiary/aromatic N) is 1. The number of pyridine rings is 1. The number of benzene rings is 1. The minimum absolute atomic E-state index is 0.199. The molecule has 0 spiro atoms. The summed E-state index contributed by atoms with van der Waals surface area (Å²) in [5.74, 6) is 0.287. The van der Waals surface area contributed by atoms with Crippen molar-refractivity contribution in [1.82, 2.24) is 4.98 Å². The molecule has 0 radical (unpaired) electrons. The summed E-state index contributed by atoms with van der Waals surface area (Å²) in [6.07, 6.45) is 1.63. The van der Waals surface area contributed by atoms with Gasteiger partial charge >= 0.3 is 5.97 Å². The van der Waals surface area contributed by atoms with Gasteiger partial charge in [0.2, 0.25) is 5.88 Å². The molecular formula is C15H16N2O4. The lowest BCUT2D eigenvalue weighted by Crippen LogP contribution is -2.09. The van der Waals surface area contributed by atoms with Gasteiger partial charge < -0.3 is 19.9 Å². The molecule has 0 bridgehead atoms. The first-order valence-electron chi connectivity index (χ1n) is 6.25. The van der Waals surface area contributed by atoms with Crippen molar-refractivity contribution >= 4 is 11.7 Å². The van der Waals surface area contributed by atoms with Crippen LogP contribution in [0.3, 0.4) is 0 Å². The van der Waals surface area contributed by atoms with E-state index in [4.69, 9.17) is 19.9 Å². The number of carbonyl (C=O) groups is 1. The van der Waals surface area contributed by atoms with E-state index in [0.717, 1.165) is 5.56 Å². The smallest absolute Gasteiger partial charge is 0.343 e. The Morgan fingerprint density at radius 3 is 2.76 bits per heavy atom. The number of carbonyl (C=O) groups excluding carboxylic acids is 1. The number of hydrogen-bond acceptors (Lipinski definition) is 6. The van der Waals surface area contributed by atoms with Gasteiger partial charge in [-0.2, -0.15) is 0 Å². The van der Waals surface area contributed by atoms with Crippen LogP contribution in [0.5, 0.6) is 11.6 Å². The van der Waals surface area contributed by atoms with Crippen LogP contribution in [-0.4, -0.2) is 25.2 Å². The van der Waals surface area contributed by atoms with Gasteiger partial charge in [0.1, 0.15) is 17.9 Å². The van der Waals surface area contributed by atoms with Crippen molar-refractivity contribution in [2.45, 2.75) is 6.61 Å². The Balaban J connectivity index is 2.24. The average Bonchev–Trinajstić information content (AvgIpc) is 2.52. The van der Waals surface area contributed by atoms with Crippen LogP contribution < -0.4 is 15.2 Å². The third-order valence-electron chi connectivity index (χ3n) is 2.87. The second-order valence-electron chi connectivity index (χ2n) is 4.17. The maximum atomic E-state index is 11.8. The third kappa shape index (κ3) is 3.22. The highest BCUT2D eigenvalue weighted by molar-refractivity contribution is 5.98. The van der Waals surface area contributed by atoms with E-state index in [1.54, 1.807) is 30.5 Å². The molecule has 0 unspecified atom stereocenters. The van der Waals surface area contributed by atoms with Gasteiger partial charge in [0.15, 0.2) is 0 Å². The van der Waals surface area contributed by atoms with Gasteiger partial charge in [-0.15, -0.1) is 0 Å². The molecule has 0 amide bonds. The van der Waals surface area contributed by atoms with Crippen molar-refractivity contribution in [1.29, 1.82) is 0 Å². The topological polar surface area (TPSA) is 83.7 Å². The van der Waals surface area contributed by atoms with Crippen molar-refractivity contribution in [3.05, 3.63) is 47.7 Å². The van der Waals surface area contributed by atoms with Gasteiger partial charge in [0.25, 0.3) is 0 Å². The molecule has 21 heavy (non-hydrogen) atoms. The van der Waals surface area contributed by atoms with Crippen LogP contribution in [0.1, 0.15) is 15.9 Å². The first kappa shape index (κ1) is 14.6. The number of ether oxygens (including phenoxy) is 3. The molecule has 6 heteroatoms. The highest BCUT2D eigenvalue weighted by Crippen LogP contribution is 2.27. The summed E-state index contributed by atoms with van der Waals surface area (Å²) in [6, 6.07) is 8.59. The molecule has 1 heterocycles. The number of aromatic nitrogens is 1. The number of hydrogen-bond donors (Lipinski definition) is 1. The highest BCUT2D eigenvalue weighted by atomic mass is 16.5. The van der Waals surface area contributed by atoms with E-state index in [1.165, 1.54) is 14.2 Å². The summed E-state index contributed by atoms with van der Waals surface area (Å²) in [6.45, 7) is 0.199. The van der Waals surface area contributed by atoms with Crippen molar-refractivity contribution < 1.29 is 19.0 Å². The quantitative estimate of drug-likeness (QED) is 0.669. The van der Waals surface area contributed by atoms with Crippen LogP contribution >= 0.6 is 0 Å². The molecule has 110 valence electrons. The molecule has 6 nitrogen and oxygen atoms in total. The predicted octanol–water partition coefficient (Wildman–Crippen LogP) is 2.04. The molecule has 2 aromatic rings. The molecule has 2 N–H and O–H groups in total. The molecule has 2 rings (SSSR count). The molecule has 0 saturated carbocycles. The van der Waals surface area contributed by atoms with Crippen molar-refractivity contribution in [2.24, 2.45) is 0 Å². The highest BCUT2D eigenvalue weighted by Gasteiger charge is 2.17. The summed E-state index contributed by atoms with van der Waals surface area (Å²) in [4.78, 5) is 15.9. The number of esters is 1. The molecule has 0 aliphatic rings. The summed E-state index contributed by atoms with van der Waals surface area (Å²) in [5.41, 5.74) is 7.08. The van der Waals surface area contributed by atoms with Crippen molar-refractivity contribution in [3.63, 3.8) is 0 Å². The minimum atomic E-state index is -0.541. The number of nitrogens with two attached hydrogens (primary N) is 1. The third-order valence-corrected chi connectivity index (χ3v) is 2.87. The van der Waals surface area contributed by atoms with Crippen LogP contribution in [0, 0.1) is 0 Å². The van der Waals surface area contributed by atoms with Gasteiger partial charge in [-0.25, -0.2) is 9.78 Å². The summed E-state index contributed by atoms with van der Waals surface area (Å²) in [5, 5.41) is 0. The van der Waals surface area contributed by atoms with Gasteiger partial charge in [-0.05, 0) is 24.3 Å². The monoisotopic (exact) mass is 288 g/mol. The van der Waals surface area contributed by atoms with E-state index in [0.29, 0.717) is 17.3 Å². The van der Waals surface area contributed by atoms with Crippen LogP contribution in [-0.2, 0) is 11.3 Å². The standard InChI is InChI=1S/C15H16N2O4/c1-19-14-10(5-4-8-17-14)9-21-12-7-3-6-11(16)13(12)15(18)20-2/h3-8H,9,16H2,1-2H3. The Bertz CT molecular complexity index is 643. The number of anilines is 1. The van der Waals surface area contributed by atoms with E-state index in [1.807, 2.05) is 6.07 Å². The zero-order valence-electron chi connectivity index (χ0n) is 11.8. The SMILES string of the molecule is COC(=O)c1c(N)cccc1OCc1cccnc1OC. The fourth-order valence-electron chi connectivity index (χ4n) is 1.86. The molecule has 0 fully saturated rings. The molecule has 0 atom stereocenters. The van der Waals surface area contributed by atoms with Gasteiger partial charge in [0, 0.05) is 11.9 Å². The maximum absolute atomic E-state index is 11.8. The summed E-state index contributed by atoms with van der Waals surface area (Å²) in [7, 11) is 2.83. The number of nitrogen functional groups attached to an aromatic ring is 1. The second-order valence-corrected chi connectivity index (χ2v) is 4.17. The fraction of sp³-hybridized carbons (Fsp3) is 0.200. The second kappa shape index (κ2) is 6.60. The van der Waals surface area contributed by atoms with Crippen LogP contribution in [0.25, 0.3) is 0 Å². The lowest BCUT2D eigenvalue weighted by atomic mass is 10.1. The summed E-state index contributed by atoms with van der Waals surface area (Å²) >= 11 is 0. The minimum Gasteiger partial charge on any atom is -0.488 e. The first-order valence-corrected chi connectivity index (χ1v) is 6.25. The van der Waals surface area contributed by atoms with Crippen LogP contribution in [0.2, 0.25) is 0 Å². The molecule has 0 aliphatic heterocycles. The zero-order chi connectivity index (χ0) is 15.2. The largest absolute Gasteiger partial charge is 0.488 e. The van der Waals surface area contributed by atoms with E-state index in [9.17, 15) is 4.79 Å². The lowest BCUT2D eigenvalue weighted by molar-refractivity contribution is 0.0597. The molecule has 1 aromatic carbocycles. The van der Waals surface area contributed by atoms with E-state index in [2.05, 4.69) is 4.98 Å². The molecule has 0 saturated heterocycles. The Morgan fingerprint density at radius 2 is 2.05 bits per heavy atom. The van der Waals surface area contributed by atoms with Crippen molar-refractivity contribution in [3.8, 4) is 11.6 Å². The predicted molar refractivity (Wildman–Crippen MR) is 77.3 cm³/mol. The average molecular weight is 288 g/mol. The number of rotatable bonds is 5. The fourth-order valence-corrected chi connectivity index (χ4v) is 1.86. The van der Waals surface area contributed by atoms with E-state index in [-0.39, 0.29) is 12.2 Å². The maximum Gasteiger partial charge on any atom is 0.343 e. The Hall–Kier alpha value is -2.76. The molecular weight excluding hydrogens is 272 g/mol. The Morgan fingerprint density at radius 1 is 1.24 bits per heavy atom. The first-order chi connectivity index (χ1) is 10.2. The lowest BCUT2D eigenvalue weighted by Gasteiger charge is -2.13. The normalized spacial score (nSPS) is 10.0. The van der Waals surface area contributed by atoms with Gasteiger partial charge in [0.05, 0.1) is 19.8 Å². The van der Waals surface area contributed by atoms with Gasteiger partial charge in [-0.3, -0.25) is 0 Å². The Labute approximate surface area is 122 Å². The van der Waals surface area contributed by atoms with E-state index >= 15 is 0 Å². The Kier molecular flexibility index (Phi) is 4.61. The van der Waals surface area contributed by atoms with Crippen LogP contribution in [0.4, 0.5) is 5.69 Å². The zero-order valence-corrected chi connectivity index (χ0v) is 11.8. The van der Waals surface area contributed by atoms with Crippen molar-refractivity contribution in [2.75, 3.05) is 20.0 Å². The molecule has 1 aromatic heterocycles. The van der Waals surface area contributed by atoms with E-state index < -0.39 is 5.97 Å². The van der Waals surface area contributed by atoms with Gasteiger partial charge in [-0.1, -0.05) is 6.07 Å². The molecule has 0 aliphatic carbocycles. The summed E-state index contributed by atoms with van der Waals surface area (Å²) < 4.78 is 15.5. The van der Waals surface area contributed by atoms with Crippen LogP contribution in [0.15, 0.2) is 36.5 Å². The number of methoxy groups -OCH3 is 2.